The molecule has 2 aromatic rings. The highest BCUT2D eigenvalue weighted by Gasteiger charge is 2.33. The number of amides is 1. The van der Waals surface area contributed by atoms with Crippen molar-refractivity contribution in [2.24, 2.45) is 5.73 Å². The smallest absolute Gasteiger partial charge is 0.224 e. The molecule has 106 valence electrons. The average molecular weight is 272 g/mol. The molecule has 0 bridgehead atoms. The predicted octanol–water partition coefficient (Wildman–Crippen LogP) is 1.49. The van der Waals surface area contributed by atoms with Gasteiger partial charge in [0.05, 0.1) is 12.0 Å². The maximum atomic E-state index is 12.3. The topological polar surface area (TPSA) is 83.8 Å². The van der Waals surface area contributed by atoms with Crippen LogP contribution >= 0.6 is 0 Å². The van der Waals surface area contributed by atoms with Crippen LogP contribution in [0.3, 0.4) is 0 Å². The van der Waals surface area contributed by atoms with Crippen molar-refractivity contribution in [1.29, 1.82) is 0 Å². The predicted molar refractivity (Wildman–Crippen MR) is 78.2 cm³/mol. The van der Waals surface area contributed by atoms with Crippen LogP contribution in [0.15, 0.2) is 24.5 Å². The normalized spacial score (nSPS) is 17.4. The van der Waals surface area contributed by atoms with E-state index in [0.29, 0.717) is 13.0 Å². The highest BCUT2D eigenvalue weighted by molar-refractivity contribution is 5.87. The Kier molecular flexibility index (Phi) is 3.44. The van der Waals surface area contributed by atoms with Crippen molar-refractivity contribution in [2.45, 2.75) is 37.6 Å². The van der Waals surface area contributed by atoms with Gasteiger partial charge in [0.1, 0.15) is 5.65 Å². The molecule has 0 atom stereocenters. The molecule has 0 spiro atoms. The lowest BCUT2D eigenvalue weighted by molar-refractivity contribution is -0.122. The highest BCUT2D eigenvalue weighted by Crippen LogP contribution is 2.28. The third-order valence-electron chi connectivity index (χ3n) is 4.24. The quantitative estimate of drug-likeness (QED) is 0.788. The number of nitrogens with two attached hydrogens (primary N) is 1. The van der Waals surface area contributed by atoms with Crippen LogP contribution in [0.1, 0.15) is 31.2 Å². The van der Waals surface area contributed by atoms with Gasteiger partial charge >= 0.3 is 0 Å². The first-order valence-corrected chi connectivity index (χ1v) is 7.14. The lowest BCUT2D eigenvalue weighted by Gasteiger charge is -2.28. The average Bonchev–Trinajstić information content (AvgIpc) is 3.07. The number of nitrogens with one attached hydrogen (secondary N) is 2. The van der Waals surface area contributed by atoms with Crippen LogP contribution < -0.4 is 11.1 Å². The van der Waals surface area contributed by atoms with Gasteiger partial charge in [0, 0.05) is 24.3 Å². The molecule has 20 heavy (non-hydrogen) atoms. The summed E-state index contributed by atoms with van der Waals surface area (Å²) in [5.74, 6) is 0.0436. The molecular weight excluding hydrogens is 252 g/mol. The minimum Gasteiger partial charge on any atom is -0.349 e. The van der Waals surface area contributed by atoms with E-state index in [4.69, 9.17) is 5.73 Å². The van der Waals surface area contributed by atoms with E-state index in [0.717, 1.165) is 42.3 Å². The molecule has 1 aliphatic rings. The molecule has 4 N–H and O–H groups in total. The number of carbonyl (C=O) groups is 1. The van der Waals surface area contributed by atoms with E-state index in [1.165, 1.54) is 0 Å². The van der Waals surface area contributed by atoms with Gasteiger partial charge in [0.15, 0.2) is 0 Å². The van der Waals surface area contributed by atoms with Crippen LogP contribution in [0.5, 0.6) is 0 Å². The monoisotopic (exact) mass is 272 g/mol. The SMILES string of the molecule is NCC1(NC(=O)Cc2c[nH]c3ncccc23)CCCC1. The summed E-state index contributed by atoms with van der Waals surface area (Å²) >= 11 is 0. The molecule has 0 radical (unpaired) electrons. The van der Waals surface area contributed by atoms with Crippen molar-refractivity contribution in [3.63, 3.8) is 0 Å². The van der Waals surface area contributed by atoms with Crippen LogP contribution in [0.2, 0.25) is 0 Å². The lowest BCUT2D eigenvalue weighted by Crippen LogP contribution is -2.52. The molecule has 0 saturated heterocycles. The van der Waals surface area contributed by atoms with Crippen LogP contribution in [-0.4, -0.2) is 28.0 Å². The Morgan fingerprint density at radius 3 is 3.00 bits per heavy atom. The number of aromatic amines is 1. The van der Waals surface area contributed by atoms with Gasteiger partial charge in [-0.1, -0.05) is 12.8 Å². The molecule has 0 aromatic carbocycles. The Balaban J connectivity index is 1.73. The van der Waals surface area contributed by atoms with Crippen LogP contribution in [0, 0.1) is 0 Å². The summed E-state index contributed by atoms with van der Waals surface area (Å²) in [5, 5.41) is 4.16. The number of nitrogens with zero attached hydrogens (tertiary/aromatic N) is 1. The molecule has 0 unspecified atom stereocenters. The molecular formula is C15H20N4O. The van der Waals surface area contributed by atoms with E-state index in [1.807, 2.05) is 18.3 Å². The van der Waals surface area contributed by atoms with Gasteiger partial charge in [0.25, 0.3) is 0 Å². The second kappa shape index (κ2) is 5.25. The zero-order valence-electron chi connectivity index (χ0n) is 11.5. The fourth-order valence-electron chi connectivity index (χ4n) is 3.10. The summed E-state index contributed by atoms with van der Waals surface area (Å²) in [7, 11) is 0. The van der Waals surface area contributed by atoms with Crippen LogP contribution in [-0.2, 0) is 11.2 Å². The van der Waals surface area contributed by atoms with Crippen LogP contribution in [0.4, 0.5) is 0 Å². The number of hydrogen-bond donors (Lipinski definition) is 3. The minimum atomic E-state index is -0.179. The zero-order valence-corrected chi connectivity index (χ0v) is 11.5. The third kappa shape index (κ3) is 2.41. The summed E-state index contributed by atoms with van der Waals surface area (Å²) in [6, 6.07) is 3.87. The number of fused-ring (bicyclic) bond motifs is 1. The first-order chi connectivity index (χ1) is 9.72. The Morgan fingerprint density at radius 2 is 2.25 bits per heavy atom. The number of carbonyl (C=O) groups excluding carboxylic acids is 1. The van der Waals surface area contributed by atoms with E-state index in [9.17, 15) is 4.79 Å². The summed E-state index contributed by atoms with van der Waals surface area (Å²) in [5.41, 5.74) is 7.48. The Morgan fingerprint density at radius 1 is 1.45 bits per heavy atom. The number of H-pyrrole nitrogens is 1. The molecule has 5 heteroatoms. The third-order valence-corrected chi connectivity index (χ3v) is 4.24. The zero-order chi connectivity index (χ0) is 14.0. The maximum absolute atomic E-state index is 12.3. The standard InChI is InChI=1S/C15H20N4O/c16-10-15(5-1-2-6-15)19-13(20)8-11-9-18-14-12(11)4-3-7-17-14/h3-4,7,9H,1-2,5-6,8,10,16H2,(H,17,18)(H,19,20). The van der Waals surface area contributed by atoms with Crippen molar-refractivity contribution in [3.8, 4) is 0 Å². The molecule has 1 aliphatic carbocycles. The molecule has 1 saturated carbocycles. The molecule has 0 aliphatic heterocycles. The van der Waals surface area contributed by atoms with Crippen molar-refractivity contribution in [1.82, 2.24) is 15.3 Å². The van der Waals surface area contributed by atoms with E-state index in [-0.39, 0.29) is 11.4 Å². The van der Waals surface area contributed by atoms with Gasteiger partial charge < -0.3 is 16.0 Å². The summed E-state index contributed by atoms with van der Waals surface area (Å²) < 4.78 is 0. The van der Waals surface area contributed by atoms with E-state index < -0.39 is 0 Å². The Hall–Kier alpha value is -1.88. The summed E-state index contributed by atoms with van der Waals surface area (Å²) in [4.78, 5) is 19.6. The fourth-order valence-corrected chi connectivity index (χ4v) is 3.10. The number of pyridine rings is 1. The molecule has 3 rings (SSSR count). The second-order valence-corrected chi connectivity index (χ2v) is 5.63. The lowest BCUT2D eigenvalue weighted by atomic mass is 9.97. The van der Waals surface area contributed by atoms with Gasteiger partial charge in [0.2, 0.25) is 5.91 Å². The van der Waals surface area contributed by atoms with E-state index in [1.54, 1.807) is 6.20 Å². The van der Waals surface area contributed by atoms with Crippen LogP contribution in [0.25, 0.3) is 11.0 Å². The fraction of sp³-hybridized carbons (Fsp3) is 0.467. The van der Waals surface area contributed by atoms with Crippen molar-refractivity contribution >= 4 is 16.9 Å². The van der Waals surface area contributed by atoms with E-state index >= 15 is 0 Å². The van der Waals surface area contributed by atoms with E-state index in [2.05, 4.69) is 15.3 Å². The highest BCUT2D eigenvalue weighted by atomic mass is 16.1. The van der Waals surface area contributed by atoms with Gasteiger partial charge in [-0.25, -0.2) is 4.98 Å². The first-order valence-electron chi connectivity index (χ1n) is 7.14. The molecule has 2 aromatic heterocycles. The number of rotatable bonds is 4. The molecule has 5 nitrogen and oxygen atoms in total. The first kappa shape index (κ1) is 13.1. The molecule has 2 heterocycles. The number of hydrogen-bond acceptors (Lipinski definition) is 3. The van der Waals surface area contributed by atoms with Gasteiger partial charge in [-0.2, -0.15) is 0 Å². The van der Waals surface area contributed by atoms with Crippen molar-refractivity contribution < 1.29 is 4.79 Å². The Labute approximate surface area is 118 Å². The largest absolute Gasteiger partial charge is 0.349 e. The molecule has 1 fully saturated rings. The summed E-state index contributed by atoms with van der Waals surface area (Å²) in [6.07, 6.45) is 8.25. The van der Waals surface area contributed by atoms with Gasteiger partial charge in [-0.3, -0.25) is 4.79 Å². The second-order valence-electron chi connectivity index (χ2n) is 5.63. The number of aromatic nitrogens is 2. The Bertz CT molecular complexity index is 613. The minimum absolute atomic E-state index is 0.0436. The van der Waals surface area contributed by atoms with Crippen molar-refractivity contribution in [3.05, 3.63) is 30.1 Å². The summed E-state index contributed by atoms with van der Waals surface area (Å²) in [6.45, 7) is 0.522. The van der Waals surface area contributed by atoms with Gasteiger partial charge in [-0.15, -0.1) is 0 Å². The molecule has 1 amide bonds. The van der Waals surface area contributed by atoms with Gasteiger partial charge in [-0.05, 0) is 30.5 Å². The maximum Gasteiger partial charge on any atom is 0.224 e. The van der Waals surface area contributed by atoms with Crippen molar-refractivity contribution in [2.75, 3.05) is 6.54 Å².